The molecule has 0 fully saturated rings. The number of nitrogens with zero attached hydrogens (tertiary/aromatic N) is 1. The number of alkyl halides is 3. The lowest BCUT2D eigenvalue weighted by Gasteiger charge is -2.36. The lowest BCUT2D eigenvalue weighted by atomic mass is 9.83. The van der Waals surface area contributed by atoms with E-state index in [1.807, 2.05) is 39.8 Å². The van der Waals surface area contributed by atoms with Crippen LogP contribution >= 0.6 is 11.6 Å². The van der Waals surface area contributed by atoms with E-state index in [9.17, 15) is 18.4 Å². The van der Waals surface area contributed by atoms with Crippen LogP contribution in [0.4, 0.5) is 14.5 Å². The maximum absolute atomic E-state index is 13.0. The van der Waals surface area contributed by atoms with Gasteiger partial charge in [-0.25, -0.2) is 0 Å². The van der Waals surface area contributed by atoms with Crippen LogP contribution in [-0.2, 0) is 10.3 Å². The van der Waals surface area contributed by atoms with E-state index in [2.05, 4.69) is 10.1 Å². The van der Waals surface area contributed by atoms with Crippen molar-refractivity contribution in [1.82, 2.24) is 4.90 Å². The van der Waals surface area contributed by atoms with Crippen LogP contribution in [0.5, 0.6) is 5.75 Å². The van der Waals surface area contributed by atoms with Gasteiger partial charge in [0.15, 0.2) is 0 Å². The lowest BCUT2D eigenvalue weighted by molar-refractivity contribution is -0.121. The first-order valence-corrected chi connectivity index (χ1v) is 10.8. The molecule has 1 heterocycles. The van der Waals surface area contributed by atoms with Gasteiger partial charge in [-0.1, -0.05) is 0 Å². The SMILES string of the molecule is Cc1ccc(-c2cc(C(=O)Nc3ccc(OC(F)(F)Cl)cc3)cc(C)c2C(C)(C)N(C)C=O)o1. The Morgan fingerprint density at radius 1 is 1.12 bits per heavy atom. The predicted octanol–water partition coefficient (Wildman–Crippen LogP) is 6.31. The molecule has 0 unspecified atom stereocenters. The van der Waals surface area contributed by atoms with Gasteiger partial charge in [-0.3, -0.25) is 9.59 Å². The van der Waals surface area contributed by atoms with Gasteiger partial charge in [0.2, 0.25) is 6.41 Å². The number of carbonyl (C=O) groups excluding carboxylic acids is 2. The highest BCUT2D eigenvalue weighted by molar-refractivity contribution is 6.20. The third kappa shape index (κ3) is 5.56. The van der Waals surface area contributed by atoms with Gasteiger partial charge in [0.25, 0.3) is 5.91 Å². The highest BCUT2D eigenvalue weighted by atomic mass is 35.5. The third-order valence-corrected chi connectivity index (χ3v) is 5.68. The fourth-order valence-corrected chi connectivity index (χ4v) is 3.84. The van der Waals surface area contributed by atoms with Crippen molar-refractivity contribution in [2.24, 2.45) is 0 Å². The second-order valence-corrected chi connectivity index (χ2v) is 8.87. The summed E-state index contributed by atoms with van der Waals surface area (Å²) in [7, 11) is 1.69. The summed E-state index contributed by atoms with van der Waals surface area (Å²) in [5.74, 6) is 0.730. The summed E-state index contributed by atoms with van der Waals surface area (Å²) >= 11 is 4.77. The molecule has 6 nitrogen and oxygen atoms in total. The van der Waals surface area contributed by atoms with E-state index >= 15 is 0 Å². The molecule has 0 saturated carbocycles. The number of ether oxygens (including phenoxy) is 1. The lowest BCUT2D eigenvalue weighted by Crippen LogP contribution is -2.38. The maximum Gasteiger partial charge on any atom is 0.487 e. The van der Waals surface area contributed by atoms with Crippen molar-refractivity contribution in [2.45, 2.75) is 38.8 Å². The van der Waals surface area contributed by atoms with Gasteiger partial charge in [0.05, 0.1) is 5.54 Å². The van der Waals surface area contributed by atoms with Crippen LogP contribution in [0.2, 0.25) is 0 Å². The zero-order chi connectivity index (χ0) is 25.3. The fraction of sp³-hybridized carbons (Fsp3) is 0.280. The number of amides is 2. The average Bonchev–Trinajstić information content (AvgIpc) is 3.18. The summed E-state index contributed by atoms with van der Waals surface area (Å²) < 4.78 is 35.7. The predicted molar refractivity (Wildman–Crippen MR) is 126 cm³/mol. The van der Waals surface area contributed by atoms with Crippen LogP contribution in [0.1, 0.15) is 41.1 Å². The minimum Gasteiger partial charge on any atom is -0.461 e. The number of benzene rings is 2. The highest BCUT2D eigenvalue weighted by Gasteiger charge is 2.32. The first-order valence-electron chi connectivity index (χ1n) is 10.4. The van der Waals surface area contributed by atoms with E-state index in [-0.39, 0.29) is 5.75 Å². The molecule has 0 aliphatic carbocycles. The summed E-state index contributed by atoms with van der Waals surface area (Å²) in [6.45, 7) is 7.51. The molecule has 0 aliphatic rings. The molecule has 1 aromatic heterocycles. The van der Waals surface area contributed by atoms with Crippen molar-refractivity contribution in [3.05, 3.63) is 71.0 Å². The van der Waals surface area contributed by atoms with Crippen LogP contribution in [0.25, 0.3) is 11.3 Å². The second-order valence-electron chi connectivity index (χ2n) is 8.43. The molecule has 1 N–H and O–H groups in total. The van der Waals surface area contributed by atoms with E-state index in [1.54, 1.807) is 24.1 Å². The average molecular weight is 491 g/mol. The quantitative estimate of drug-likeness (QED) is 0.297. The Morgan fingerprint density at radius 2 is 1.76 bits per heavy atom. The molecule has 9 heteroatoms. The van der Waals surface area contributed by atoms with Crippen molar-refractivity contribution in [3.63, 3.8) is 0 Å². The number of nitrogens with one attached hydrogen (secondary N) is 1. The second kappa shape index (κ2) is 9.46. The van der Waals surface area contributed by atoms with Gasteiger partial charge in [0.1, 0.15) is 17.3 Å². The first-order chi connectivity index (χ1) is 15.8. The summed E-state index contributed by atoms with van der Waals surface area (Å²) in [4.78, 5) is 26.1. The van der Waals surface area contributed by atoms with Crippen molar-refractivity contribution >= 4 is 29.6 Å². The standard InChI is InChI=1S/C25H25ClF2N2O4/c1-15-12-17(23(32)29-18-7-9-19(10-8-18)34-25(26,27)28)13-20(21-11-6-16(2)33-21)22(15)24(3,4)30(5)14-31/h6-14H,1-5H3,(H,29,32). The molecule has 0 radical (unpaired) electrons. The number of anilines is 1. The minimum absolute atomic E-state index is 0.143. The molecule has 0 saturated heterocycles. The van der Waals surface area contributed by atoms with Crippen molar-refractivity contribution in [3.8, 4) is 17.1 Å². The van der Waals surface area contributed by atoms with E-state index in [4.69, 9.17) is 16.0 Å². The smallest absolute Gasteiger partial charge is 0.461 e. The number of furan rings is 1. The summed E-state index contributed by atoms with van der Waals surface area (Å²) in [6.07, 6.45) is 0.755. The van der Waals surface area contributed by atoms with E-state index in [0.29, 0.717) is 28.3 Å². The van der Waals surface area contributed by atoms with Gasteiger partial charge < -0.3 is 19.4 Å². The number of hydrogen-bond acceptors (Lipinski definition) is 4. The molecule has 0 aliphatic heterocycles. The molecule has 3 rings (SSSR count). The molecule has 0 spiro atoms. The third-order valence-electron chi connectivity index (χ3n) is 5.60. The van der Waals surface area contributed by atoms with Gasteiger partial charge in [-0.15, -0.1) is 8.78 Å². The number of carbonyl (C=O) groups is 2. The van der Waals surface area contributed by atoms with Gasteiger partial charge in [0, 0.05) is 35.5 Å². The molecular formula is C25H25ClF2N2O4. The maximum atomic E-state index is 13.0. The molecular weight excluding hydrogens is 466 g/mol. The molecule has 180 valence electrons. The Morgan fingerprint density at radius 3 is 2.29 bits per heavy atom. The molecule has 2 aromatic carbocycles. The van der Waals surface area contributed by atoms with Crippen LogP contribution in [0, 0.1) is 13.8 Å². The van der Waals surface area contributed by atoms with E-state index < -0.39 is 17.0 Å². The number of halogens is 3. The van der Waals surface area contributed by atoms with Crippen molar-refractivity contribution in [1.29, 1.82) is 0 Å². The Bertz CT molecular complexity index is 1200. The summed E-state index contributed by atoms with van der Waals surface area (Å²) in [5.41, 5.74) is -1.44. The topological polar surface area (TPSA) is 71.8 Å². The number of rotatable bonds is 8. The number of hydrogen-bond donors (Lipinski definition) is 1. The molecule has 0 atom stereocenters. The fourth-order valence-electron chi connectivity index (χ4n) is 3.76. The van der Waals surface area contributed by atoms with Crippen LogP contribution in [-0.4, -0.2) is 29.8 Å². The zero-order valence-corrected chi connectivity index (χ0v) is 20.2. The zero-order valence-electron chi connectivity index (χ0n) is 19.4. The Kier molecular flexibility index (Phi) is 7.02. The van der Waals surface area contributed by atoms with E-state index in [0.717, 1.165) is 17.5 Å². The van der Waals surface area contributed by atoms with Crippen LogP contribution < -0.4 is 10.1 Å². The van der Waals surface area contributed by atoms with Crippen LogP contribution in [0.15, 0.2) is 52.9 Å². The molecule has 34 heavy (non-hydrogen) atoms. The molecule has 2 amide bonds. The molecule has 0 bridgehead atoms. The summed E-state index contributed by atoms with van der Waals surface area (Å²) in [5, 5.41) is 2.74. The first kappa shape index (κ1) is 25.2. The minimum atomic E-state index is -3.82. The van der Waals surface area contributed by atoms with Gasteiger partial charge >= 0.3 is 5.57 Å². The summed E-state index contributed by atoms with van der Waals surface area (Å²) in [6, 6.07) is 12.5. The normalized spacial score (nSPS) is 11.8. The van der Waals surface area contributed by atoms with Crippen molar-refractivity contribution < 1.29 is 27.5 Å². The van der Waals surface area contributed by atoms with Gasteiger partial charge in [-0.2, -0.15) is 0 Å². The largest absolute Gasteiger partial charge is 0.487 e. The van der Waals surface area contributed by atoms with Crippen molar-refractivity contribution in [2.75, 3.05) is 12.4 Å². The Hall–Kier alpha value is -3.39. The number of aryl methyl sites for hydroxylation is 2. The molecule has 3 aromatic rings. The van der Waals surface area contributed by atoms with Crippen LogP contribution in [0.3, 0.4) is 0 Å². The highest BCUT2D eigenvalue weighted by Crippen LogP contribution is 2.38. The van der Waals surface area contributed by atoms with E-state index in [1.165, 1.54) is 24.3 Å². The Balaban J connectivity index is 1.98. The Labute approximate surface area is 201 Å². The van der Waals surface area contributed by atoms with Gasteiger partial charge in [-0.05, 0) is 87.4 Å². The monoisotopic (exact) mass is 490 g/mol.